The summed E-state index contributed by atoms with van der Waals surface area (Å²) < 4.78 is 18.9. The molecular weight excluding hydrogens is 618 g/mol. The number of benzene rings is 2. The molecule has 0 saturated carbocycles. The number of rotatable bonds is 7. The highest BCUT2D eigenvalue weighted by molar-refractivity contribution is 14.1. The van der Waals surface area contributed by atoms with Gasteiger partial charge in [0.05, 0.1) is 23.0 Å². The lowest BCUT2D eigenvalue weighted by Crippen LogP contribution is -2.41. The minimum absolute atomic E-state index is 0.00552. The molecule has 0 bridgehead atoms. The van der Waals surface area contributed by atoms with Crippen LogP contribution in [0.15, 0.2) is 56.8 Å². The van der Waals surface area contributed by atoms with Gasteiger partial charge < -0.3 is 10.6 Å². The first-order chi connectivity index (χ1) is 18.5. The largest absolute Gasteiger partial charge is 0.338 e. The van der Waals surface area contributed by atoms with Crippen molar-refractivity contribution >= 4 is 56.6 Å². The first-order valence-electron chi connectivity index (χ1n) is 11.9. The predicted octanol–water partition coefficient (Wildman–Crippen LogP) is 3.91. The number of nitrogens with one attached hydrogen (secondary N) is 2. The van der Waals surface area contributed by atoms with Crippen LogP contribution in [-0.2, 0) is 18.4 Å². The van der Waals surface area contributed by atoms with Crippen molar-refractivity contribution < 1.29 is 9.18 Å². The van der Waals surface area contributed by atoms with E-state index in [9.17, 15) is 23.6 Å². The van der Waals surface area contributed by atoms with Crippen LogP contribution in [0.4, 0.5) is 21.6 Å². The lowest BCUT2D eigenvalue weighted by atomic mass is 10.1. The summed E-state index contributed by atoms with van der Waals surface area (Å²) in [6.45, 7) is 2.80. The van der Waals surface area contributed by atoms with Crippen LogP contribution in [0, 0.1) is 27.6 Å². The Hall–Kier alpha value is -4.25. The van der Waals surface area contributed by atoms with Crippen LogP contribution in [-0.4, -0.2) is 19.6 Å². The number of halogens is 2. The van der Waals surface area contributed by atoms with Crippen molar-refractivity contribution in [2.75, 3.05) is 10.6 Å². The van der Waals surface area contributed by atoms with Gasteiger partial charge >= 0.3 is 5.69 Å². The fourth-order valence-electron chi connectivity index (χ4n) is 4.39. The number of fused-ring (bicyclic) bond motifs is 1. The Bertz CT molecular complexity index is 1850. The van der Waals surface area contributed by atoms with Crippen LogP contribution >= 0.6 is 22.6 Å². The van der Waals surface area contributed by atoms with Gasteiger partial charge in [-0.3, -0.25) is 28.1 Å². The molecule has 0 atom stereocenters. The van der Waals surface area contributed by atoms with E-state index in [4.69, 9.17) is 5.26 Å². The summed E-state index contributed by atoms with van der Waals surface area (Å²) in [6, 6.07) is 12.9. The van der Waals surface area contributed by atoms with E-state index < -0.39 is 22.6 Å². The minimum atomic E-state index is -0.715. The Balaban J connectivity index is 2.14. The highest BCUT2D eigenvalue weighted by atomic mass is 127. The zero-order chi connectivity index (χ0) is 28.4. The van der Waals surface area contributed by atoms with Crippen molar-refractivity contribution in [1.82, 2.24) is 13.7 Å². The van der Waals surface area contributed by atoms with Gasteiger partial charge in [0, 0.05) is 41.8 Å². The Morgan fingerprint density at radius 2 is 1.87 bits per heavy atom. The van der Waals surface area contributed by atoms with E-state index in [1.54, 1.807) is 30.3 Å². The standard InChI is InChI=1S/C27H24FIN6O4/c1-15-23-22(24(33(3)25(15)37)32-21-10-9-17(29)13-20(21)28)26(38)34(12-5-4-11-30)27(39)35(23)19-8-6-7-18(14-19)31-16(2)36/h6-10,13-14,32H,4-5,12H2,1-3H3,(H,31,36). The second-order valence-corrected chi connectivity index (χ2v) is 10.1. The van der Waals surface area contributed by atoms with E-state index in [1.807, 2.05) is 28.7 Å². The summed E-state index contributed by atoms with van der Waals surface area (Å²) in [5.41, 5.74) is -0.971. The van der Waals surface area contributed by atoms with E-state index >= 15 is 0 Å². The monoisotopic (exact) mass is 642 g/mol. The number of hydrogen-bond acceptors (Lipinski definition) is 6. The lowest BCUT2D eigenvalue weighted by Gasteiger charge is -2.21. The maximum absolute atomic E-state index is 14.8. The number of unbranched alkanes of at least 4 members (excludes halogenated alkanes) is 1. The van der Waals surface area contributed by atoms with Gasteiger partial charge in [-0.1, -0.05) is 6.07 Å². The number of nitriles is 1. The number of carbonyl (C=O) groups is 1. The van der Waals surface area contributed by atoms with E-state index in [-0.39, 0.29) is 53.3 Å². The molecule has 0 radical (unpaired) electrons. The van der Waals surface area contributed by atoms with Crippen LogP contribution in [0.25, 0.3) is 16.6 Å². The molecule has 200 valence electrons. The van der Waals surface area contributed by atoms with E-state index in [2.05, 4.69) is 10.6 Å². The van der Waals surface area contributed by atoms with Gasteiger partial charge in [-0.15, -0.1) is 0 Å². The Labute approximate surface area is 235 Å². The highest BCUT2D eigenvalue weighted by Crippen LogP contribution is 2.28. The average Bonchev–Trinajstić information content (AvgIpc) is 2.88. The number of amides is 1. The third kappa shape index (κ3) is 5.35. The summed E-state index contributed by atoms with van der Waals surface area (Å²) in [5.74, 6) is -0.901. The zero-order valence-corrected chi connectivity index (χ0v) is 23.5. The quantitative estimate of drug-likeness (QED) is 0.232. The van der Waals surface area contributed by atoms with Gasteiger partial charge in [-0.25, -0.2) is 9.18 Å². The van der Waals surface area contributed by atoms with Gasteiger partial charge in [0.15, 0.2) is 0 Å². The zero-order valence-electron chi connectivity index (χ0n) is 21.3. The van der Waals surface area contributed by atoms with Crippen molar-refractivity contribution in [3.8, 4) is 11.8 Å². The third-order valence-electron chi connectivity index (χ3n) is 6.17. The predicted molar refractivity (Wildman–Crippen MR) is 155 cm³/mol. The van der Waals surface area contributed by atoms with Crippen LogP contribution in [0.2, 0.25) is 0 Å². The van der Waals surface area contributed by atoms with Crippen molar-refractivity contribution in [2.24, 2.45) is 7.05 Å². The maximum Gasteiger partial charge on any atom is 0.336 e. The summed E-state index contributed by atoms with van der Waals surface area (Å²) in [7, 11) is 1.45. The number of aromatic nitrogens is 3. The second kappa shape index (κ2) is 11.2. The van der Waals surface area contributed by atoms with E-state index in [0.717, 1.165) is 4.57 Å². The number of anilines is 3. The summed E-state index contributed by atoms with van der Waals surface area (Å²) >= 11 is 1.97. The first-order valence-corrected chi connectivity index (χ1v) is 13.0. The maximum atomic E-state index is 14.8. The topological polar surface area (TPSA) is 131 Å². The molecule has 4 aromatic rings. The number of aryl methyl sites for hydroxylation is 1. The Morgan fingerprint density at radius 1 is 1.13 bits per heavy atom. The smallest absolute Gasteiger partial charge is 0.336 e. The number of nitrogens with zero attached hydrogens (tertiary/aromatic N) is 4. The van der Waals surface area contributed by atoms with Gasteiger partial charge in [-0.2, -0.15) is 5.26 Å². The molecule has 0 aliphatic carbocycles. The Morgan fingerprint density at radius 3 is 2.54 bits per heavy atom. The fourth-order valence-corrected chi connectivity index (χ4v) is 4.84. The lowest BCUT2D eigenvalue weighted by molar-refractivity contribution is -0.114. The number of pyridine rings is 1. The third-order valence-corrected chi connectivity index (χ3v) is 6.84. The molecule has 39 heavy (non-hydrogen) atoms. The molecule has 4 rings (SSSR count). The molecule has 1 amide bonds. The molecule has 2 aromatic carbocycles. The minimum Gasteiger partial charge on any atom is -0.338 e. The summed E-state index contributed by atoms with van der Waals surface area (Å²) in [4.78, 5) is 52.7. The normalized spacial score (nSPS) is 10.9. The van der Waals surface area contributed by atoms with Gasteiger partial charge in [0.1, 0.15) is 17.0 Å². The summed E-state index contributed by atoms with van der Waals surface area (Å²) in [5, 5.41) is 14.6. The molecule has 0 aliphatic rings. The molecule has 12 heteroatoms. The molecule has 2 N–H and O–H groups in total. The molecule has 2 heterocycles. The molecular formula is C27H24FIN6O4. The average molecular weight is 642 g/mol. The Kier molecular flexibility index (Phi) is 8.01. The van der Waals surface area contributed by atoms with Gasteiger partial charge in [0.2, 0.25) is 5.91 Å². The van der Waals surface area contributed by atoms with Crippen molar-refractivity contribution in [2.45, 2.75) is 33.2 Å². The summed E-state index contributed by atoms with van der Waals surface area (Å²) in [6.07, 6.45) is 0.357. The molecule has 2 aromatic heterocycles. The second-order valence-electron chi connectivity index (χ2n) is 8.88. The van der Waals surface area contributed by atoms with Crippen LogP contribution in [0.1, 0.15) is 25.3 Å². The molecule has 0 spiro atoms. The van der Waals surface area contributed by atoms with Crippen LogP contribution < -0.4 is 27.4 Å². The van der Waals surface area contributed by atoms with E-state index in [0.29, 0.717) is 14.9 Å². The van der Waals surface area contributed by atoms with Crippen LogP contribution in [0.5, 0.6) is 0 Å². The van der Waals surface area contributed by atoms with Crippen molar-refractivity contribution in [3.63, 3.8) is 0 Å². The van der Waals surface area contributed by atoms with Gasteiger partial charge in [-0.05, 0) is 72.3 Å². The van der Waals surface area contributed by atoms with Crippen molar-refractivity contribution in [1.29, 1.82) is 5.26 Å². The molecule has 0 unspecified atom stereocenters. The highest BCUT2D eigenvalue weighted by Gasteiger charge is 2.24. The number of hydrogen-bond donors (Lipinski definition) is 2. The molecule has 0 aliphatic heterocycles. The first kappa shape index (κ1) is 27.8. The molecule has 0 saturated heterocycles. The van der Waals surface area contributed by atoms with Crippen molar-refractivity contribution in [3.05, 3.63) is 88.6 Å². The molecule has 10 nitrogen and oxygen atoms in total. The van der Waals surface area contributed by atoms with Gasteiger partial charge in [0.25, 0.3) is 11.1 Å². The SMILES string of the molecule is CC(=O)Nc1cccc(-n2c(=O)n(CCCC#N)c(=O)c3c(Nc4ccc(I)cc4F)n(C)c(=O)c(C)c32)c1. The fraction of sp³-hybridized carbons (Fsp3) is 0.222. The van der Waals surface area contributed by atoms with E-state index in [1.165, 1.54) is 42.2 Å². The molecule has 0 fully saturated rings. The van der Waals surface area contributed by atoms with Crippen LogP contribution in [0.3, 0.4) is 0 Å². The number of carbonyl (C=O) groups excluding carboxylic acids is 1.